The van der Waals surface area contributed by atoms with Crippen molar-refractivity contribution in [2.45, 2.75) is 46.2 Å². The Morgan fingerprint density at radius 3 is 2.50 bits per heavy atom. The van der Waals surface area contributed by atoms with Gasteiger partial charge < -0.3 is 18.9 Å². The van der Waals surface area contributed by atoms with E-state index < -0.39 is 11.9 Å². The van der Waals surface area contributed by atoms with Crippen LogP contribution in [0.2, 0.25) is 0 Å². The second-order valence-corrected chi connectivity index (χ2v) is 3.97. The lowest BCUT2D eigenvalue weighted by atomic mass is 10.4. The molecule has 5 heteroatoms. The number of hydrogen-bond acceptors (Lipinski definition) is 5. The molecule has 104 valence electrons. The minimum absolute atomic E-state index is 0.158. The van der Waals surface area contributed by atoms with Crippen molar-refractivity contribution < 1.29 is 23.7 Å². The molecule has 0 amide bonds. The number of esters is 1. The van der Waals surface area contributed by atoms with E-state index in [1.807, 2.05) is 20.8 Å². The Kier molecular flexibility index (Phi) is 7.12. The molecule has 0 aliphatic heterocycles. The van der Waals surface area contributed by atoms with E-state index in [0.29, 0.717) is 6.61 Å². The maximum atomic E-state index is 11.5. The summed E-state index contributed by atoms with van der Waals surface area (Å²) in [6.45, 7) is 14.3. The Bertz CT molecular complexity index is 298. The third-order valence-electron chi connectivity index (χ3n) is 1.72. The van der Waals surface area contributed by atoms with Crippen molar-refractivity contribution in [2.24, 2.45) is 0 Å². The second-order valence-electron chi connectivity index (χ2n) is 3.97. The molecular weight excluding hydrogens is 236 g/mol. The maximum Gasteiger partial charge on any atom is 0.373 e. The summed E-state index contributed by atoms with van der Waals surface area (Å²) in [5, 5.41) is 0. The lowest BCUT2D eigenvalue weighted by molar-refractivity contribution is -0.346. The molecule has 0 aromatic carbocycles. The van der Waals surface area contributed by atoms with Gasteiger partial charge >= 0.3 is 11.9 Å². The Labute approximate surface area is 108 Å². The minimum atomic E-state index is -1.45. The fourth-order valence-corrected chi connectivity index (χ4v) is 1.20. The van der Waals surface area contributed by atoms with E-state index in [2.05, 4.69) is 13.2 Å². The first-order valence-corrected chi connectivity index (χ1v) is 5.86. The van der Waals surface area contributed by atoms with Crippen molar-refractivity contribution in [3.63, 3.8) is 0 Å². The summed E-state index contributed by atoms with van der Waals surface area (Å²) in [4.78, 5) is 11.5. The highest BCUT2D eigenvalue weighted by Gasteiger charge is 2.32. The Morgan fingerprint density at radius 1 is 1.44 bits per heavy atom. The molecule has 1 atom stereocenters. The van der Waals surface area contributed by atoms with Crippen LogP contribution in [0.25, 0.3) is 0 Å². The molecule has 0 saturated carbocycles. The van der Waals surface area contributed by atoms with Crippen LogP contribution in [-0.2, 0) is 23.7 Å². The molecule has 1 unspecified atom stereocenters. The predicted molar refractivity (Wildman–Crippen MR) is 67.4 cm³/mol. The molecule has 5 nitrogen and oxygen atoms in total. The first-order valence-electron chi connectivity index (χ1n) is 5.86. The maximum absolute atomic E-state index is 11.5. The summed E-state index contributed by atoms with van der Waals surface area (Å²) in [6.07, 6.45) is 1.74. The van der Waals surface area contributed by atoms with Crippen LogP contribution >= 0.6 is 0 Å². The normalized spacial score (nSPS) is 13.6. The SMILES string of the molecule is C=COC(C)(OC(=C)C(=O)OCCC)OC(C)C. The molecule has 0 spiro atoms. The number of hydrogen-bond donors (Lipinski definition) is 0. The van der Waals surface area contributed by atoms with E-state index in [1.54, 1.807) is 0 Å². The molecule has 0 aliphatic rings. The van der Waals surface area contributed by atoms with Crippen LogP contribution in [-0.4, -0.2) is 24.7 Å². The molecule has 0 radical (unpaired) electrons. The van der Waals surface area contributed by atoms with Gasteiger partial charge in [-0.15, -0.1) is 0 Å². The lowest BCUT2D eigenvalue weighted by Gasteiger charge is -2.30. The molecule has 0 aliphatic carbocycles. The van der Waals surface area contributed by atoms with Crippen molar-refractivity contribution in [3.05, 3.63) is 25.2 Å². The molecule has 0 aromatic heterocycles. The average Bonchev–Trinajstić information content (AvgIpc) is 2.24. The van der Waals surface area contributed by atoms with Gasteiger partial charge in [0.25, 0.3) is 0 Å². The van der Waals surface area contributed by atoms with Gasteiger partial charge in [-0.3, -0.25) is 0 Å². The summed E-state index contributed by atoms with van der Waals surface area (Å²) in [5.74, 6) is -2.25. The van der Waals surface area contributed by atoms with Crippen molar-refractivity contribution in [3.8, 4) is 0 Å². The smallest absolute Gasteiger partial charge is 0.373 e. The van der Waals surface area contributed by atoms with Crippen LogP contribution in [0.5, 0.6) is 0 Å². The molecule has 0 saturated heterocycles. The van der Waals surface area contributed by atoms with Gasteiger partial charge in [0.2, 0.25) is 5.76 Å². The lowest BCUT2D eigenvalue weighted by Crippen LogP contribution is -2.37. The molecule has 0 heterocycles. The van der Waals surface area contributed by atoms with Gasteiger partial charge in [-0.1, -0.05) is 13.5 Å². The van der Waals surface area contributed by atoms with Crippen LogP contribution in [0.4, 0.5) is 0 Å². The molecular formula is C13H22O5. The Morgan fingerprint density at radius 2 is 2.06 bits per heavy atom. The summed E-state index contributed by atoms with van der Waals surface area (Å²) in [5.41, 5.74) is 0. The van der Waals surface area contributed by atoms with Crippen LogP contribution in [0, 0.1) is 0 Å². The molecule has 0 bridgehead atoms. The zero-order valence-corrected chi connectivity index (χ0v) is 11.5. The number of carbonyl (C=O) groups excluding carboxylic acids is 1. The predicted octanol–water partition coefficient (Wildman–Crippen LogP) is 2.73. The van der Waals surface area contributed by atoms with E-state index in [-0.39, 0.29) is 11.9 Å². The Hall–Kier alpha value is -1.49. The van der Waals surface area contributed by atoms with Crippen LogP contribution in [0.1, 0.15) is 34.1 Å². The highest BCUT2D eigenvalue weighted by molar-refractivity contribution is 5.85. The molecule has 18 heavy (non-hydrogen) atoms. The van der Waals surface area contributed by atoms with E-state index >= 15 is 0 Å². The zero-order valence-electron chi connectivity index (χ0n) is 11.5. The quantitative estimate of drug-likeness (QED) is 0.275. The van der Waals surface area contributed by atoms with Gasteiger partial charge in [-0.05, 0) is 26.8 Å². The van der Waals surface area contributed by atoms with E-state index in [4.69, 9.17) is 18.9 Å². The van der Waals surface area contributed by atoms with Crippen molar-refractivity contribution >= 4 is 5.97 Å². The minimum Gasteiger partial charge on any atom is -0.460 e. The Balaban J connectivity index is 4.52. The standard InChI is InChI=1S/C13H22O5/c1-7-9-15-12(14)11(5)18-13(6,16-8-2)17-10(3)4/h8,10H,2,5,7,9H2,1,3-4,6H3. The van der Waals surface area contributed by atoms with Gasteiger partial charge in [0.1, 0.15) is 0 Å². The molecule has 0 rings (SSSR count). The van der Waals surface area contributed by atoms with Gasteiger partial charge in [0.05, 0.1) is 19.0 Å². The zero-order chi connectivity index (χ0) is 14.2. The van der Waals surface area contributed by atoms with Gasteiger partial charge in [-0.2, -0.15) is 0 Å². The second kappa shape index (κ2) is 7.76. The van der Waals surface area contributed by atoms with Crippen molar-refractivity contribution in [2.75, 3.05) is 6.61 Å². The first-order chi connectivity index (χ1) is 8.34. The fraction of sp³-hybridized carbons (Fsp3) is 0.615. The highest BCUT2D eigenvalue weighted by atomic mass is 16.9. The molecule has 0 aromatic rings. The van der Waals surface area contributed by atoms with E-state index in [1.165, 1.54) is 13.2 Å². The summed E-state index contributed by atoms with van der Waals surface area (Å²) < 4.78 is 20.7. The monoisotopic (exact) mass is 258 g/mol. The van der Waals surface area contributed by atoms with Gasteiger partial charge in [0, 0.05) is 6.92 Å². The fourth-order valence-electron chi connectivity index (χ4n) is 1.20. The average molecular weight is 258 g/mol. The number of rotatable bonds is 9. The largest absolute Gasteiger partial charge is 0.460 e. The third-order valence-corrected chi connectivity index (χ3v) is 1.72. The summed E-state index contributed by atoms with van der Waals surface area (Å²) in [7, 11) is 0. The van der Waals surface area contributed by atoms with E-state index in [0.717, 1.165) is 6.42 Å². The van der Waals surface area contributed by atoms with Crippen molar-refractivity contribution in [1.82, 2.24) is 0 Å². The van der Waals surface area contributed by atoms with Crippen LogP contribution < -0.4 is 0 Å². The van der Waals surface area contributed by atoms with Crippen LogP contribution in [0.15, 0.2) is 25.2 Å². The van der Waals surface area contributed by atoms with Gasteiger partial charge in [0.15, 0.2) is 0 Å². The van der Waals surface area contributed by atoms with Gasteiger partial charge in [-0.25, -0.2) is 4.79 Å². The topological polar surface area (TPSA) is 54.0 Å². The van der Waals surface area contributed by atoms with Crippen molar-refractivity contribution in [1.29, 1.82) is 0 Å². The molecule has 0 N–H and O–H groups in total. The van der Waals surface area contributed by atoms with Crippen LogP contribution in [0.3, 0.4) is 0 Å². The number of carbonyl (C=O) groups is 1. The first kappa shape index (κ1) is 16.5. The summed E-state index contributed by atoms with van der Waals surface area (Å²) in [6, 6.07) is 0. The molecule has 0 fully saturated rings. The van der Waals surface area contributed by atoms with E-state index in [9.17, 15) is 4.79 Å². The third kappa shape index (κ3) is 6.30. The number of ether oxygens (including phenoxy) is 4. The highest BCUT2D eigenvalue weighted by Crippen LogP contribution is 2.21. The summed E-state index contributed by atoms with van der Waals surface area (Å²) >= 11 is 0.